The Labute approximate surface area is 140 Å². The third kappa shape index (κ3) is 4.31. The van der Waals surface area contributed by atoms with Gasteiger partial charge in [-0.05, 0) is 31.7 Å². The summed E-state index contributed by atoms with van der Waals surface area (Å²) in [5, 5.41) is 11.1. The lowest BCUT2D eigenvalue weighted by Crippen LogP contribution is -2.36. The largest absolute Gasteiger partial charge is 0.462 e. The van der Waals surface area contributed by atoms with Gasteiger partial charge >= 0.3 is 5.97 Å². The van der Waals surface area contributed by atoms with Crippen molar-refractivity contribution in [3.05, 3.63) is 39.4 Å². The predicted octanol–water partition coefficient (Wildman–Crippen LogP) is 3.03. The highest BCUT2D eigenvalue weighted by Gasteiger charge is 2.34. The van der Waals surface area contributed by atoms with Gasteiger partial charge in [-0.3, -0.25) is 14.9 Å². The number of rotatable bonds is 7. The van der Waals surface area contributed by atoms with Crippen molar-refractivity contribution in [2.24, 2.45) is 5.92 Å². The zero-order chi connectivity index (χ0) is 17.9. The Hall–Kier alpha value is -2.44. The lowest BCUT2D eigenvalue weighted by molar-refractivity contribution is -0.384. The number of esters is 1. The van der Waals surface area contributed by atoms with Crippen molar-refractivity contribution in [2.45, 2.75) is 39.7 Å². The Bertz CT molecular complexity index is 652. The molecule has 0 spiro atoms. The van der Waals surface area contributed by atoms with E-state index in [1.54, 1.807) is 11.8 Å². The van der Waals surface area contributed by atoms with Crippen molar-refractivity contribution in [3.63, 3.8) is 0 Å². The molecular formula is C17H22N2O5. The summed E-state index contributed by atoms with van der Waals surface area (Å²) in [6.07, 6.45) is 1.89. The minimum Gasteiger partial charge on any atom is -0.462 e. The smallest absolute Gasteiger partial charge is 0.338 e. The van der Waals surface area contributed by atoms with Crippen molar-refractivity contribution >= 4 is 17.6 Å². The van der Waals surface area contributed by atoms with E-state index in [-0.39, 0.29) is 41.3 Å². The van der Waals surface area contributed by atoms with Gasteiger partial charge in [-0.1, -0.05) is 13.8 Å². The molecule has 1 aromatic carbocycles. The molecule has 0 bridgehead atoms. The average Bonchev–Trinajstić information content (AvgIpc) is 3.36. The lowest BCUT2D eigenvalue weighted by Gasteiger charge is -2.24. The van der Waals surface area contributed by atoms with Crippen molar-refractivity contribution in [1.29, 1.82) is 0 Å². The number of hydrogen-bond acceptors (Lipinski definition) is 5. The molecule has 1 amide bonds. The Kier molecular flexibility index (Phi) is 5.54. The molecule has 24 heavy (non-hydrogen) atoms. The summed E-state index contributed by atoms with van der Waals surface area (Å²) >= 11 is 0. The van der Waals surface area contributed by atoms with Crippen LogP contribution in [0.4, 0.5) is 5.69 Å². The van der Waals surface area contributed by atoms with Crippen LogP contribution < -0.4 is 0 Å². The molecule has 1 saturated carbocycles. The molecule has 0 heterocycles. The SMILES string of the molecule is CCOC(=O)c1cc(C(=O)N(CC(C)C)C2CC2)cc([N+](=O)[O-])c1. The van der Waals surface area contributed by atoms with E-state index in [1.165, 1.54) is 12.1 Å². The van der Waals surface area contributed by atoms with Gasteiger partial charge < -0.3 is 9.64 Å². The highest BCUT2D eigenvalue weighted by molar-refractivity contribution is 5.99. The third-order valence-corrected chi connectivity index (χ3v) is 3.70. The summed E-state index contributed by atoms with van der Waals surface area (Å²) in [4.78, 5) is 37.0. The molecule has 0 saturated heterocycles. The fourth-order valence-electron chi connectivity index (χ4n) is 2.52. The van der Waals surface area contributed by atoms with Crippen LogP contribution >= 0.6 is 0 Å². The second-order valence-electron chi connectivity index (χ2n) is 6.33. The lowest BCUT2D eigenvalue weighted by atomic mass is 10.1. The van der Waals surface area contributed by atoms with Crippen LogP contribution in [0.2, 0.25) is 0 Å². The highest BCUT2D eigenvalue weighted by atomic mass is 16.6. The van der Waals surface area contributed by atoms with Crippen LogP contribution in [0, 0.1) is 16.0 Å². The maximum atomic E-state index is 12.8. The molecule has 7 nitrogen and oxygen atoms in total. The molecule has 1 aliphatic carbocycles. The van der Waals surface area contributed by atoms with Gasteiger partial charge in [0.15, 0.2) is 0 Å². The first-order chi connectivity index (χ1) is 11.3. The van der Waals surface area contributed by atoms with E-state index in [9.17, 15) is 19.7 Å². The Morgan fingerprint density at radius 3 is 2.42 bits per heavy atom. The average molecular weight is 334 g/mol. The monoisotopic (exact) mass is 334 g/mol. The number of carbonyl (C=O) groups excluding carboxylic acids is 2. The fraction of sp³-hybridized carbons (Fsp3) is 0.529. The van der Waals surface area contributed by atoms with Gasteiger partial charge in [-0.2, -0.15) is 0 Å². The summed E-state index contributed by atoms with van der Waals surface area (Å²) in [6, 6.07) is 3.92. The van der Waals surface area contributed by atoms with Crippen molar-refractivity contribution < 1.29 is 19.2 Å². The molecule has 0 unspecified atom stereocenters. The Morgan fingerprint density at radius 2 is 1.92 bits per heavy atom. The maximum absolute atomic E-state index is 12.8. The number of nitro groups is 1. The van der Waals surface area contributed by atoms with Crippen LogP contribution in [0.25, 0.3) is 0 Å². The first kappa shape index (κ1) is 17.9. The summed E-state index contributed by atoms with van der Waals surface area (Å²) in [7, 11) is 0. The molecule has 1 fully saturated rings. The molecule has 0 atom stereocenters. The van der Waals surface area contributed by atoms with Gasteiger partial charge in [-0.15, -0.1) is 0 Å². The van der Waals surface area contributed by atoms with Gasteiger partial charge in [0.25, 0.3) is 11.6 Å². The van der Waals surface area contributed by atoms with E-state index in [0.717, 1.165) is 18.9 Å². The van der Waals surface area contributed by atoms with Crippen LogP contribution in [0.15, 0.2) is 18.2 Å². The van der Waals surface area contributed by atoms with Crippen molar-refractivity contribution in [2.75, 3.05) is 13.2 Å². The second-order valence-corrected chi connectivity index (χ2v) is 6.33. The molecule has 0 aromatic heterocycles. The van der Waals surface area contributed by atoms with Crippen LogP contribution in [0.1, 0.15) is 54.3 Å². The number of nitrogens with zero attached hydrogens (tertiary/aromatic N) is 2. The van der Waals surface area contributed by atoms with Crippen LogP contribution in [0.3, 0.4) is 0 Å². The molecule has 1 aliphatic rings. The summed E-state index contributed by atoms with van der Waals surface area (Å²) in [6.45, 7) is 6.42. The first-order valence-electron chi connectivity index (χ1n) is 8.11. The zero-order valence-corrected chi connectivity index (χ0v) is 14.2. The molecule has 0 aliphatic heterocycles. The summed E-state index contributed by atoms with van der Waals surface area (Å²) in [5.74, 6) is -0.657. The van der Waals surface area contributed by atoms with E-state index in [0.29, 0.717) is 6.54 Å². The van der Waals surface area contributed by atoms with Crippen molar-refractivity contribution in [3.8, 4) is 0 Å². The quantitative estimate of drug-likeness (QED) is 0.434. The number of benzene rings is 1. The molecule has 2 rings (SSSR count). The third-order valence-electron chi connectivity index (χ3n) is 3.70. The summed E-state index contributed by atoms with van der Waals surface area (Å²) < 4.78 is 4.90. The van der Waals surface area contributed by atoms with Gasteiger partial charge in [0.1, 0.15) is 0 Å². The number of nitro benzene ring substituents is 1. The molecule has 1 aromatic rings. The Balaban J connectivity index is 2.37. The standard InChI is InChI=1S/C17H22N2O5/c1-4-24-17(21)13-7-12(8-15(9-13)19(22)23)16(20)18(10-11(2)3)14-5-6-14/h7-9,11,14H,4-6,10H2,1-3H3. The fourth-order valence-corrected chi connectivity index (χ4v) is 2.52. The number of hydrogen-bond donors (Lipinski definition) is 0. The molecule has 130 valence electrons. The van der Waals surface area contributed by atoms with Crippen LogP contribution in [-0.2, 0) is 4.74 Å². The molecular weight excluding hydrogens is 312 g/mol. The maximum Gasteiger partial charge on any atom is 0.338 e. The van der Waals surface area contributed by atoms with E-state index < -0.39 is 10.9 Å². The van der Waals surface area contributed by atoms with Gasteiger partial charge in [-0.25, -0.2) is 4.79 Å². The number of non-ortho nitro benzene ring substituents is 1. The predicted molar refractivity (Wildman–Crippen MR) is 87.9 cm³/mol. The minimum atomic E-state index is -0.669. The summed E-state index contributed by atoms with van der Waals surface area (Å²) in [5.41, 5.74) is -0.112. The highest BCUT2D eigenvalue weighted by Crippen LogP contribution is 2.30. The second kappa shape index (κ2) is 7.42. The van der Waals surface area contributed by atoms with Gasteiger partial charge in [0.05, 0.1) is 17.1 Å². The van der Waals surface area contributed by atoms with Crippen LogP contribution in [0.5, 0.6) is 0 Å². The van der Waals surface area contributed by atoms with E-state index in [2.05, 4.69) is 0 Å². The molecule has 7 heteroatoms. The normalized spacial score (nSPS) is 13.7. The molecule has 0 N–H and O–H groups in total. The number of carbonyl (C=O) groups is 2. The minimum absolute atomic E-state index is 0.0229. The topological polar surface area (TPSA) is 89.8 Å². The van der Waals surface area contributed by atoms with E-state index in [4.69, 9.17) is 4.74 Å². The van der Waals surface area contributed by atoms with Gasteiger partial charge in [0.2, 0.25) is 0 Å². The Morgan fingerprint density at radius 1 is 1.29 bits per heavy atom. The first-order valence-corrected chi connectivity index (χ1v) is 8.11. The molecule has 0 radical (unpaired) electrons. The van der Waals surface area contributed by atoms with E-state index in [1.807, 2.05) is 13.8 Å². The number of ether oxygens (including phenoxy) is 1. The van der Waals surface area contributed by atoms with E-state index >= 15 is 0 Å². The number of amides is 1. The zero-order valence-electron chi connectivity index (χ0n) is 14.2. The van der Waals surface area contributed by atoms with Gasteiger partial charge in [0, 0.05) is 30.3 Å². The van der Waals surface area contributed by atoms with Crippen LogP contribution in [-0.4, -0.2) is 40.9 Å². The van der Waals surface area contributed by atoms with Crippen molar-refractivity contribution in [1.82, 2.24) is 4.90 Å².